The maximum absolute atomic E-state index is 14.5. The van der Waals surface area contributed by atoms with Crippen LogP contribution in [0.1, 0.15) is 37.9 Å². The smallest absolute Gasteiger partial charge is 0.273 e. The van der Waals surface area contributed by atoms with E-state index in [1.165, 1.54) is 16.7 Å². The van der Waals surface area contributed by atoms with Crippen LogP contribution in [-0.4, -0.2) is 19.5 Å². The van der Waals surface area contributed by atoms with Crippen molar-refractivity contribution in [2.75, 3.05) is 0 Å². The van der Waals surface area contributed by atoms with E-state index in [0.717, 1.165) is 5.56 Å². The highest BCUT2D eigenvalue weighted by Gasteiger charge is 2.21. The van der Waals surface area contributed by atoms with Crippen molar-refractivity contribution < 1.29 is 4.39 Å². The standard InChI is InChI=1S/C23H20ClFN4O2/c1-4-13-9-10-26-18(12(2)3)20(13)29-21-15(22(30)28-23(29)31)11-16(24)19(27-21)14-7-5-6-8-17(14)25/h5-12H,4H2,1-3H3,(H,28,30,31). The normalized spacial score (nSPS) is 11.4. The third-order valence-corrected chi connectivity index (χ3v) is 5.44. The number of rotatable bonds is 4. The molecule has 0 radical (unpaired) electrons. The summed E-state index contributed by atoms with van der Waals surface area (Å²) >= 11 is 6.38. The molecule has 0 aliphatic rings. The largest absolute Gasteiger partial charge is 0.334 e. The Morgan fingerprint density at radius 2 is 1.94 bits per heavy atom. The van der Waals surface area contributed by atoms with Gasteiger partial charge in [0.05, 0.1) is 27.5 Å². The maximum atomic E-state index is 14.5. The Hall–Kier alpha value is -3.32. The molecule has 0 saturated heterocycles. The van der Waals surface area contributed by atoms with Crippen molar-refractivity contribution in [3.8, 4) is 16.9 Å². The number of H-pyrrole nitrogens is 1. The molecule has 0 bridgehead atoms. The van der Waals surface area contributed by atoms with Gasteiger partial charge < -0.3 is 0 Å². The molecule has 4 aromatic rings. The highest BCUT2D eigenvalue weighted by Crippen LogP contribution is 2.31. The van der Waals surface area contributed by atoms with Gasteiger partial charge in [-0.25, -0.2) is 18.7 Å². The predicted octanol–water partition coefficient (Wildman–Crippen LogP) is 4.61. The number of nitrogens with one attached hydrogen (secondary N) is 1. The fourth-order valence-corrected chi connectivity index (χ4v) is 3.91. The summed E-state index contributed by atoms with van der Waals surface area (Å²) in [7, 11) is 0. The van der Waals surface area contributed by atoms with E-state index in [4.69, 9.17) is 11.6 Å². The molecule has 6 nitrogen and oxygen atoms in total. The number of benzene rings is 1. The number of fused-ring (bicyclic) bond motifs is 1. The summed E-state index contributed by atoms with van der Waals surface area (Å²) in [6.07, 6.45) is 2.34. The Labute approximate surface area is 182 Å². The van der Waals surface area contributed by atoms with Crippen LogP contribution >= 0.6 is 11.6 Å². The van der Waals surface area contributed by atoms with Crippen LogP contribution in [0.2, 0.25) is 5.02 Å². The number of nitrogens with zero attached hydrogens (tertiary/aromatic N) is 3. The van der Waals surface area contributed by atoms with Crippen molar-refractivity contribution in [1.82, 2.24) is 19.5 Å². The molecule has 0 unspecified atom stereocenters. The minimum atomic E-state index is -0.642. The van der Waals surface area contributed by atoms with E-state index in [9.17, 15) is 14.0 Å². The summed E-state index contributed by atoms with van der Waals surface area (Å²) in [5.41, 5.74) is 1.31. The molecule has 0 amide bonds. The first-order valence-electron chi connectivity index (χ1n) is 9.92. The number of aromatic amines is 1. The third kappa shape index (κ3) is 3.55. The number of hydrogen-bond donors (Lipinski definition) is 1. The second-order valence-electron chi connectivity index (χ2n) is 7.48. The van der Waals surface area contributed by atoms with Crippen molar-refractivity contribution in [2.24, 2.45) is 0 Å². The van der Waals surface area contributed by atoms with Crippen LogP contribution in [0.25, 0.3) is 28.0 Å². The van der Waals surface area contributed by atoms with Gasteiger partial charge >= 0.3 is 5.69 Å². The van der Waals surface area contributed by atoms with Gasteiger partial charge in [-0.05, 0) is 42.2 Å². The van der Waals surface area contributed by atoms with Gasteiger partial charge in [0.2, 0.25) is 0 Å². The van der Waals surface area contributed by atoms with Crippen LogP contribution in [0.4, 0.5) is 4.39 Å². The van der Waals surface area contributed by atoms with E-state index < -0.39 is 17.1 Å². The molecule has 0 saturated carbocycles. The van der Waals surface area contributed by atoms with Crippen LogP contribution in [0, 0.1) is 5.82 Å². The van der Waals surface area contributed by atoms with Crippen LogP contribution in [0.3, 0.4) is 0 Å². The van der Waals surface area contributed by atoms with E-state index in [1.807, 2.05) is 26.8 Å². The summed E-state index contributed by atoms with van der Waals surface area (Å²) in [4.78, 5) is 36.9. The Kier molecular flexibility index (Phi) is 5.45. The first-order chi connectivity index (χ1) is 14.8. The average Bonchev–Trinajstić information content (AvgIpc) is 2.74. The van der Waals surface area contributed by atoms with Gasteiger partial charge in [0.1, 0.15) is 5.82 Å². The molecule has 1 N–H and O–H groups in total. The van der Waals surface area contributed by atoms with Crippen LogP contribution < -0.4 is 11.2 Å². The van der Waals surface area contributed by atoms with Crippen LogP contribution in [0.15, 0.2) is 52.2 Å². The van der Waals surface area contributed by atoms with Crippen LogP contribution in [0.5, 0.6) is 0 Å². The second kappa shape index (κ2) is 8.07. The summed E-state index contributed by atoms with van der Waals surface area (Å²) in [5.74, 6) is -0.498. The van der Waals surface area contributed by atoms with Crippen molar-refractivity contribution in [2.45, 2.75) is 33.1 Å². The Morgan fingerprint density at radius 1 is 1.19 bits per heavy atom. The number of halogens is 2. The first-order valence-corrected chi connectivity index (χ1v) is 10.3. The molecule has 0 aliphatic heterocycles. The molecule has 0 fully saturated rings. The molecule has 158 valence electrons. The lowest BCUT2D eigenvalue weighted by Crippen LogP contribution is -2.31. The van der Waals surface area contributed by atoms with Gasteiger partial charge in [-0.15, -0.1) is 0 Å². The molecule has 0 spiro atoms. The summed E-state index contributed by atoms with van der Waals surface area (Å²) in [5, 5.41) is 0.240. The average molecular weight is 439 g/mol. The fourth-order valence-electron chi connectivity index (χ4n) is 3.66. The zero-order chi connectivity index (χ0) is 22.3. The van der Waals surface area contributed by atoms with Crippen molar-refractivity contribution in [1.29, 1.82) is 0 Å². The van der Waals surface area contributed by atoms with E-state index in [2.05, 4.69) is 15.0 Å². The molecule has 0 aliphatic carbocycles. The van der Waals surface area contributed by atoms with Crippen molar-refractivity contribution >= 4 is 22.6 Å². The van der Waals surface area contributed by atoms with Gasteiger partial charge in [0.25, 0.3) is 5.56 Å². The van der Waals surface area contributed by atoms with Crippen LogP contribution in [-0.2, 0) is 6.42 Å². The maximum Gasteiger partial charge on any atom is 0.334 e. The minimum Gasteiger partial charge on any atom is -0.273 e. The fraction of sp³-hybridized carbons (Fsp3) is 0.217. The Balaban J connectivity index is 2.19. The predicted molar refractivity (Wildman–Crippen MR) is 120 cm³/mol. The number of aromatic nitrogens is 4. The van der Waals surface area contributed by atoms with E-state index >= 15 is 0 Å². The zero-order valence-corrected chi connectivity index (χ0v) is 18.0. The molecule has 1 aromatic carbocycles. The quantitative estimate of drug-likeness (QED) is 0.504. The highest BCUT2D eigenvalue weighted by molar-refractivity contribution is 6.33. The lowest BCUT2D eigenvalue weighted by molar-refractivity contribution is 0.631. The monoisotopic (exact) mass is 438 g/mol. The zero-order valence-electron chi connectivity index (χ0n) is 17.2. The SMILES string of the molecule is CCc1ccnc(C(C)C)c1-n1c(=O)[nH]c(=O)c2cc(Cl)c(-c3ccccc3F)nc21. The third-order valence-electron chi connectivity index (χ3n) is 5.15. The molecular formula is C23H20ClFN4O2. The van der Waals surface area contributed by atoms with E-state index in [-0.39, 0.29) is 33.2 Å². The van der Waals surface area contributed by atoms with E-state index in [0.29, 0.717) is 17.8 Å². The number of pyridine rings is 2. The molecular weight excluding hydrogens is 419 g/mol. The Morgan fingerprint density at radius 3 is 2.61 bits per heavy atom. The summed E-state index contributed by atoms with van der Waals surface area (Å²) in [6, 6.07) is 9.32. The van der Waals surface area contributed by atoms with Gasteiger partial charge in [0, 0.05) is 11.8 Å². The molecule has 8 heteroatoms. The molecule has 4 rings (SSSR count). The highest BCUT2D eigenvalue weighted by atomic mass is 35.5. The minimum absolute atomic E-state index is 0.00807. The Bertz CT molecular complexity index is 1430. The number of hydrogen-bond acceptors (Lipinski definition) is 4. The lowest BCUT2D eigenvalue weighted by atomic mass is 10.0. The first kappa shape index (κ1) is 20.9. The molecule has 0 atom stereocenters. The van der Waals surface area contributed by atoms with Gasteiger partial charge in [-0.3, -0.25) is 14.8 Å². The van der Waals surface area contributed by atoms with Crippen molar-refractivity contribution in [3.63, 3.8) is 0 Å². The van der Waals surface area contributed by atoms with Gasteiger partial charge in [-0.1, -0.05) is 44.5 Å². The van der Waals surface area contributed by atoms with Gasteiger partial charge in [-0.2, -0.15) is 0 Å². The lowest BCUT2D eigenvalue weighted by Gasteiger charge is -2.19. The molecule has 3 heterocycles. The molecule has 3 aromatic heterocycles. The van der Waals surface area contributed by atoms with Crippen molar-refractivity contribution in [3.05, 3.63) is 85.5 Å². The molecule has 31 heavy (non-hydrogen) atoms. The second-order valence-corrected chi connectivity index (χ2v) is 7.88. The topological polar surface area (TPSA) is 80.6 Å². The van der Waals surface area contributed by atoms with E-state index in [1.54, 1.807) is 24.4 Å². The van der Waals surface area contributed by atoms with Gasteiger partial charge in [0.15, 0.2) is 5.65 Å². The summed E-state index contributed by atoms with van der Waals surface area (Å²) in [6.45, 7) is 5.91. The number of aryl methyl sites for hydroxylation is 1. The summed E-state index contributed by atoms with van der Waals surface area (Å²) < 4.78 is 15.8.